The van der Waals surface area contributed by atoms with E-state index in [0.717, 1.165) is 18.4 Å². The lowest BCUT2D eigenvalue weighted by Gasteiger charge is -2.55. The van der Waals surface area contributed by atoms with Crippen LogP contribution >= 0.6 is 0 Å². The third-order valence-corrected chi connectivity index (χ3v) is 8.24. The minimum absolute atomic E-state index is 0.217. The summed E-state index contributed by atoms with van der Waals surface area (Å²) in [7, 11) is 0. The molecule has 4 aliphatic rings. The lowest BCUT2D eigenvalue weighted by molar-refractivity contribution is -0.198. The molecule has 0 bridgehead atoms. The van der Waals surface area contributed by atoms with Gasteiger partial charge in [0.05, 0.1) is 6.10 Å². The number of ether oxygens (including phenoxy) is 2. The van der Waals surface area contributed by atoms with Crippen LogP contribution in [-0.4, -0.2) is 34.9 Å². The summed E-state index contributed by atoms with van der Waals surface area (Å²) in [6.45, 7) is 9.58. The normalized spacial score (nSPS) is 40.4. The molecule has 0 aromatic rings. The molecule has 0 aromatic carbocycles. The van der Waals surface area contributed by atoms with Gasteiger partial charge in [-0.05, 0) is 74.2 Å². The third kappa shape index (κ3) is 3.80. The van der Waals surface area contributed by atoms with Crippen molar-refractivity contribution in [3.63, 3.8) is 0 Å². The minimum Gasteiger partial charge on any atom is -0.428 e. The first-order chi connectivity index (χ1) is 14.1. The number of fused-ring (bicyclic) bond motifs is 2. The molecule has 3 unspecified atom stereocenters. The van der Waals surface area contributed by atoms with E-state index in [4.69, 9.17) is 9.47 Å². The highest BCUT2D eigenvalue weighted by Crippen LogP contribution is 2.60. The fourth-order valence-corrected chi connectivity index (χ4v) is 6.66. The van der Waals surface area contributed by atoms with Crippen molar-refractivity contribution in [2.24, 2.45) is 16.7 Å². The van der Waals surface area contributed by atoms with Gasteiger partial charge in [-0.3, -0.25) is 0 Å². The lowest BCUT2D eigenvalue weighted by Crippen LogP contribution is -2.45. The van der Waals surface area contributed by atoms with Crippen LogP contribution in [0, 0.1) is 16.7 Å². The number of aliphatic hydroxyl groups is 2. The van der Waals surface area contributed by atoms with Crippen LogP contribution in [0.3, 0.4) is 0 Å². The fraction of sp³-hybridized carbons (Fsp3) is 0.720. The number of hydrogen-bond acceptors (Lipinski definition) is 5. The van der Waals surface area contributed by atoms with E-state index in [0.29, 0.717) is 29.7 Å². The molecule has 5 nitrogen and oxygen atoms in total. The van der Waals surface area contributed by atoms with Gasteiger partial charge in [-0.1, -0.05) is 44.4 Å². The van der Waals surface area contributed by atoms with E-state index in [1.807, 2.05) is 6.08 Å². The van der Waals surface area contributed by atoms with Crippen LogP contribution in [0.25, 0.3) is 0 Å². The van der Waals surface area contributed by atoms with Gasteiger partial charge in [-0.15, -0.1) is 0 Å². The summed E-state index contributed by atoms with van der Waals surface area (Å²) in [6.07, 6.45) is 8.32. The van der Waals surface area contributed by atoms with Crippen molar-refractivity contribution in [3.05, 3.63) is 34.4 Å². The first-order valence-corrected chi connectivity index (χ1v) is 11.4. The van der Waals surface area contributed by atoms with Crippen LogP contribution in [0.5, 0.6) is 0 Å². The van der Waals surface area contributed by atoms with Gasteiger partial charge in [0, 0.05) is 11.6 Å². The molecule has 30 heavy (non-hydrogen) atoms. The van der Waals surface area contributed by atoms with Gasteiger partial charge < -0.3 is 19.7 Å². The van der Waals surface area contributed by atoms with E-state index in [1.54, 1.807) is 5.57 Å². The lowest BCUT2D eigenvalue weighted by atomic mass is 9.50. The number of esters is 1. The van der Waals surface area contributed by atoms with Crippen molar-refractivity contribution >= 4 is 5.97 Å². The molecule has 0 saturated heterocycles. The Morgan fingerprint density at radius 3 is 2.70 bits per heavy atom. The van der Waals surface area contributed by atoms with Gasteiger partial charge in [-0.25, -0.2) is 4.79 Å². The Morgan fingerprint density at radius 1 is 1.17 bits per heavy atom. The van der Waals surface area contributed by atoms with Crippen LogP contribution in [0.15, 0.2) is 34.4 Å². The standard InChI is InChI=1S/C25H36O5/c1-15-6-11-20-24(2,3)12-5-13-25(20,4)18(15)9-7-16-8-10-19(26)17-14-21(27)29-23(17)30-22(16)28/h8,14,19-20,22-23,26,28H,5-7,9-13H2,1-4H3/b16-8-/t19?,20-,22?,23?,25+/m0/s1. The first-order valence-electron chi connectivity index (χ1n) is 11.4. The second-order valence-corrected chi connectivity index (χ2v) is 10.5. The summed E-state index contributed by atoms with van der Waals surface area (Å²) in [6, 6.07) is 0. The predicted octanol–water partition coefficient (Wildman–Crippen LogP) is 4.54. The Bertz CT molecular complexity index is 804. The summed E-state index contributed by atoms with van der Waals surface area (Å²) < 4.78 is 10.7. The number of allylic oxidation sites excluding steroid dienone is 2. The van der Waals surface area contributed by atoms with Crippen molar-refractivity contribution in [3.8, 4) is 0 Å². The number of carbonyl (C=O) groups is 1. The maximum Gasteiger partial charge on any atom is 0.333 e. The van der Waals surface area contributed by atoms with E-state index in [2.05, 4.69) is 27.7 Å². The van der Waals surface area contributed by atoms with Crippen LogP contribution in [0.1, 0.15) is 79.1 Å². The molecule has 2 aliphatic carbocycles. The highest BCUT2D eigenvalue weighted by Gasteiger charge is 2.49. The zero-order chi connectivity index (χ0) is 21.7. The Labute approximate surface area is 179 Å². The minimum atomic E-state index is -1.13. The molecule has 4 rings (SSSR count). The molecule has 0 aromatic heterocycles. The number of rotatable bonds is 3. The molecular formula is C25H36O5. The second kappa shape index (κ2) is 7.92. The zero-order valence-corrected chi connectivity index (χ0v) is 18.7. The summed E-state index contributed by atoms with van der Waals surface area (Å²) >= 11 is 0. The SMILES string of the molecule is CC1=C(CC/C2=C/CC(O)C3=CC(=O)OC3OC2O)[C@@]2(C)CCCC(C)(C)[C@@H]2CC1. The highest BCUT2D eigenvalue weighted by molar-refractivity contribution is 5.85. The molecule has 5 atom stereocenters. The number of carbonyl (C=O) groups excluding carboxylic acids is 1. The van der Waals surface area contributed by atoms with Gasteiger partial charge in [0.2, 0.25) is 6.29 Å². The molecule has 5 heteroatoms. The maximum absolute atomic E-state index is 11.6. The zero-order valence-electron chi connectivity index (χ0n) is 18.7. The third-order valence-electron chi connectivity index (χ3n) is 8.24. The first kappa shape index (κ1) is 21.8. The van der Waals surface area contributed by atoms with E-state index in [-0.39, 0.29) is 5.41 Å². The molecule has 0 spiro atoms. The molecule has 1 fully saturated rings. The number of hydrogen-bond donors (Lipinski definition) is 2. The van der Waals surface area contributed by atoms with Gasteiger partial charge in [-0.2, -0.15) is 0 Å². The summed E-state index contributed by atoms with van der Waals surface area (Å²) in [5.74, 6) is 0.156. The predicted molar refractivity (Wildman–Crippen MR) is 114 cm³/mol. The molecule has 1 saturated carbocycles. The van der Waals surface area contributed by atoms with Crippen LogP contribution in [0.4, 0.5) is 0 Å². The monoisotopic (exact) mass is 416 g/mol. The van der Waals surface area contributed by atoms with Crippen molar-refractivity contribution in [1.29, 1.82) is 0 Å². The van der Waals surface area contributed by atoms with Gasteiger partial charge in [0.25, 0.3) is 0 Å². The summed E-state index contributed by atoms with van der Waals surface area (Å²) in [4.78, 5) is 11.6. The average molecular weight is 417 g/mol. The molecule has 0 amide bonds. The van der Waals surface area contributed by atoms with E-state index in [1.165, 1.54) is 37.3 Å². The van der Waals surface area contributed by atoms with Gasteiger partial charge >= 0.3 is 5.97 Å². The fourth-order valence-electron chi connectivity index (χ4n) is 6.66. The van der Waals surface area contributed by atoms with Crippen molar-refractivity contribution < 1.29 is 24.5 Å². The summed E-state index contributed by atoms with van der Waals surface area (Å²) in [5, 5.41) is 21.1. The van der Waals surface area contributed by atoms with E-state index in [9.17, 15) is 15.0 Å². The molecule has 0 radical (unpaired) electrons. The van der Waals surface area contributed by atoms with Crippen LogP contribution in [-0.2, 0) is 14.3 Å². The molecule has 2 N–H and O–H groups in total. The van der Waals surface area contributed by atoms with Crippen LogP contribution < -0.4 is 0 Å². The topological polar surface area (TPSA) is 76.0 Å². The largest absolute Gasteiger partial charge is 0.428 e. The Balaban J connectivity index is 1.52. The maximum atomic E-state index is 11.6. The average Bonchev–Trinajstić information content (AvgIpc) is 3.01. The molecule has 2 heterocycles. The Kier molecular flexibility index (Phi) is 5.75. The second-order valence-electron chi connectivity index (χ2n) is 10.5. The van der Waals surface area contributed by atoms with Crippen molar-refractivity contribution in [2.75, 3.05) is 0 Å². The van der Waals surface area contributed by atoms with E-state index >= 15 is 0 Å². The summed E-state index contributed by atoms with van der Waals surface area (Å²) in [5.41, 5.74) is 4.78. The molecule has 2 aliphatic heterocycles. The van der Waals surface area contributed by atoms with Gasteiger partial charge in [0.15, 0.2) is 6.29 Å². The van der Waals surface area contributed by atoms with Gasteiger partial charge in [0.1, 0.15) is 0 Å². The van der Waals surface area contributed by atoms with Crippen molar-refractivity contribution in [2.45, 2.75) is 97.7 Å². The highest BCUT2D eigenvalue weighted by atomic mass is 16.7. The quantitative estimate of drug-likeness (QED) is 0.522. The van der Waals surface area contributed by atoms with Crippen molar-refractivity contribution in [1.82, 2.24) is 0 Å². The smallest absolute Gasteiger partial charge is 0.333 e. The molecule has 166 valence electrons. The Morgan fingerprint density at radius 2 is 1.93 bits per heavy atom. The van der Waals surface area contributed by atoms with E-state index < -0.39 is 24.7 Å². The Hall–Kier alpha value is -1.43. The van der Waals surface area contributed by atoms with Crippen LogP contribution in [0.2, 0.25) is 0 Å². The number of aliphatic hydroxyl groups excluding tert-OH is 2. The molecular weight excluding hydrogens is 380 g/mol.